The molecule has 0 N–H and O–H groups in total. The van der Waals surface area contributed by atoms with E-state index in [4.69, 9.17) is 11.6 Å². The fourth-order valence-corrected chi connectivity index (χ4v) is 2.90. The molecule has 2 heterocycles. The van der Waals surface area contributed by atoms with Gasteiger partial charge in [0.2, 0.25) is 0 Å². The van der Waals surface area contributed by atoms with E-state index in [0.29, 0.717) is 23.8 Å². The van der Waals surface area contributed by atoms with Crippen LogP contribution >= 0.6 is 22.9 Å². The Morgan fingerprint density at radius 3 is 2.80 bits per heavy atom. The van der Waals surface area contributed by atoms with Gasteiger partial charge in [0.25, 0.3) is 5.91 Å². The molecule has 0 aliphatic rings. The molecule has 0 aliphatic heterocycles. The normalized spacial score (nSPS) is 10.6. The predicted molar refractivity (Wildman–Crippen MR) is 83.4 cm³/mol. The molecule has 20 heavy (non-hydrogen) atoms. The van der Waals surface area contributed by atoms with Gasteiger partial charge in [0, 0.05) is 22.7 Å². The Morgan fingerprint density at radius 2 is 2.20 bits per heavy atom. The van der Waals surface area contributed by atoms with Crippen molar-refractivity contribution < 1.29 is 4.79 Å². The molecular formula is C15H17ClN2OS. The topological polar surface area (TPSA) is 33.2 Å². The van der Waals surface area contributed by atoms with Crippen molar-refractivity contribution in [1.29, 1.82) is 0 Å². The van der Waals surface area contributed by atoms with E-state index in [1.54, 1.807) is 17.4 Å². The van der Waals surface area contributed by atoms with Crippen molar-refractivity contribution in [1.82, 2.24) is 9.88 Å². The van der Waals surface area contributed by atoms with E-state index < -0.39 is 0 Å². The highest BCUT2D eigenvalue weighted by atomic mass is 35.5. The molecule has 0 saturated heterocycles. The van der Waals surface area contributed by atoms with Gasteiger partial charge in [0.05, 0.1) is 6.54 Å². The Balaban J connectivity index is 2.21. The summed E-state index contributed by atoms with van der Waals surface area (Å²) in [4.78, 5) is 19.8. The summed E-state index contributed by atoms with van der Waals surface area (Å²) in [6, 6.07) is 7.50. The minimum Gasteiger partial charge on any atom is -0.334 e. The van der Waals surface area contributed by atoms with Gasteiger partial charge in [-0.25, -0.2) is 4.98 Å². The van der Waals surface area contributed by atoms with Crippen LogP contribution in [0, 0.1) is 0 Å². The van der Waals surface area contributed by atoms with Crippen molar-refractivity contribution in [3.63, 3.8) is 0 Å². The van der Waals surface area contributed by atoms with Gasteiger partial charge >= 0.3 is 0 Å². The van der Waals surface area contributed by atoms with Crippen LogP contribution in [0.3, 0.4) is 0 Å². The summed E-state index contributed by atoms with van der Waals surface area (Å²) in [5.41, 5.74) is 1.45. The monoisotopic (exact) mass is 308 g/mol. The van der Waals surface area contributed by atoms with Crippen LogP contribution in [0.2, 0.25) is 5.15 Å². The van der Waals surface area contributed by atoms with E-state index in [0.717, 1.165) is 12.1 Å². The first-order chi connectivity index (χ1) is 9.63. The number of aryl methyl sites for hydroxylation is 1. The maximum atomic E-state index is 12.6. The van der Waals surface area contributed by atoms with E-state index in [-0.39, 0.29) is 5.91 Å². The average Bonchev–Trinajstić information content (AvgIpc) is 2.96. The number of rotatable bonds is 5. The summed E-state index contributed by atoms with van der Waals surface area (Å²) in [6.45, 7) is 5.28. The molecule has 106 valence electrons. The zero-order valence-corrected chi connectivity index (χ0v) is 13.2. The van der Waals surface area contributed by atoms with Crippen LogP contribution in [0.1, 0.15) is 34.8 Å². The molecule has 0 fully saturated rings. The molecule has 3 nitrogen and oxygen atoms in total. The second-order valence-corrected chi connectivity index (χ2v) is 5.84. The number of carbonyl (C=O) groups excluding carboxylic acids is 1. The second-order valence-electron chi connectivity index (χ2n) is 4.42. The molecule has 0 radical (unpaired) electrons. The molecule has 5 heteroatoms. The molecule has 2 aromatic rings. The highest BCUT2D eigenvalue weighted by Gasteiger charge is 2.16. The van der Waals surface area contributed by atoms with Gasteiger partial charge in [-0.3, -0.25) is 4.79 Å². The third-order valence-corrected chi connectivity index (χ3v) is 4.11. The maximum absolute atomic E-state index is 12.6. The largest absolute Gasteiger partial charge is 0.334 e. The van der Waals surface area contributed by atoms with E-state index in [1.807, 2.05) is 42.3 Å². The van der Waals surface area contributed by atoms with Crippen LogP contribution in [-0.4, -0.2) is 22.3 Å². The van der Waals surface area contributed by atoms with Gasteiger partial charge in [-0.1, -0.05) is 24.6 Å². The van der Waals surface area contributed by atoms with Gasteiger partial charge in [-0.2, -0.15) is 0 Å². The Kier molecular flexibility index (Phi) is 5.15. The highest BCUT2D eigenvalue weighted by molar-refractivity contribution is 7.09. The quantitative estimate of drug-likeness (QED) is 0.782. The molecule has 0 unspecified atom stereocenters. The first-order valence-electron chi connectivity index (χ1n) is 6.62. The number of amides is 1. The number of aromatic nitrogens is 1. The SMILES string of the molecule is CCc1cc(C(=O)N(CC)Cc2cccs2)cc(Cl)n1. The highest BCUT2D eigenvalue weighted by Crippen LogP contribution is 2.17. The van der Waals surface area contributed by atoms with Crippen molar-refractivity contribution in [2.24, 2.45) is 0 Å². The van der Waals surface area contributed by atoms with Crippen LogP contribution in [0.15, 0.2) is 29.6 Å². The second kappa shape index (κ2) is 6.86. The van der Waals surface area contributed by atoms with Crippen LogP contribution in [0.25, 0.3) is 0 Å². The summed E-state index contributed by atoms with van der Waals surface area (Å²) in [7, 11) is 0. The van der Waals surface area contributed by atoms with Gasteiger partial charge in [0.15, 0.2) is 0 Å². The molecule has 2 aromatic heterocycles. The summed E-state index contributed by atoms with van der Waals surface area (Å²) in [5, 5.41) is 2.39. The lowest BCUT2D eigenvalue weighted by Gasteiger charge is -2.20. The minimum absolute atomic E-state index is 0.0000926. The van der Waals surface area contributed by atoms with Crippen molar-refractivity contribution in [3.8, 4) is 0 Å². The van der Waals surface area contributed by atoms with Crippen LogP contribution in [-0.2, 0) is 13.0 Å². The zero-order chi connectivity index (χ0) is 14.5. The summed E-state index contributed by atoms with van der Waals surface area (Å²) in [5.74, 6) is -0.0000926. The van der Waals surface area contributed by atoms with Crippen molar-refractivity contribution in [3.05, 3.63) is 50.9 Å². The van der Waals surface area contributed by atoms with Crippen LogP contribution in [0.5, 0.6) is 0 Å². The minimum atomic E-state index is -0.0000926. The van der Waals surface area contributed by atoms with Crippen molar-refractivity contribution >= 4 is 28.8 Å². The standard InChI is InChI=1S/C15H17ClN2OS/c1-3-12-8-11(9-14(16)17-12)15(19)18(4-2)10-13-6-5-7-20-13/h5-9H,3-4,10H2,1-2H3. The lowest BCUT2D eigenvalue weighted by Crippen LogP contribution is -2.30. The lowest BCUT2D eigenvalue weighted by molar-refractivity contribution is 0.0754. The Morgan fingerprint density at radius 1 is 1.40 bits per heavy atom. The molecular weight excluding hydrogens is 292 g/mol. The number of nitrogens with zero attached hydrogens (tertiary/aromatic N) is 2. The average molecular weight is 309 g/mol. The molecule has 1 amide bonds. The number of thiophene rings is 1. The number of hydrogen-bond acceptors (Lipinski definition) is 3. The first-order valence-corrected chi connectivity index (χ1v) is 7.88. The molecule has 0 saturated carbocycles. The molecule has 2 rings (SSSR count). The van der Waals surface area contributed by atoms with Crippen molar-refractivity contribution in [2.45, 2.75) is 26.8 Å². The summed E-state index contributed by atoms with van der Waals surface area (Å²) < 4.78 is 0. The Hall–Kier alpha value is -1.39. The zero-order valence-electron chi connectivity index (χ0n) is 11.6. The number of carbonyl (C=O) groups is 1. The van der Waals surface area contributed by atoms with Gasteiger partial charge in [-0.15, -0.1) is 11.3 Å². The van der Waals surface area contributed by atoms with Crippen LogP contribution in [0.4, 0.5) is 0 Å². The number of halogens is 1. The van der Waals surface area contributed by atoms with E-state index in [2.05, 4.69) is 4.98 Å². The molecule has 0 aromatic carbocycles. The lowest BCUT2D eigenvalue weighted by atomic mass is 10.1. The van der Waals surface area contributed by atoms with Crippen molar-refractivity contribution in [2.75, 3.05) is 6.54 Å². The van der Waals surface area contributed by atoms with Gasteiger partial charge in [-0.05, 0) is 36.9 Å². The number of pyridine rings is 1. The van der Waals surface area contributed by atoms with Gasteiger partial charge in [0.1, 0.15) is 5.15 Å². The maximum Gasteiger partial charge on any atom is 0.254 e. The van der Waals surface area contributed by atoms with E-state index in [9.17, 15) is 4.79 Å². The molecule has 0 atom stereocenters. The fraction of sp³-hybridized carbons (Fsp3) is 0.333. The first kappa shape index (κ1) is 15.0. The number of hydrogen-bond donors (Lipinski definition) is 0. The van der Waals surface area contributed by atoms with E-state index in [1.165, 1.54) is 4.88 Å². The molecule has 0 aliphatic carbocycles. The third kappa shape index (κ3) is 3.58. The summed E-state index contributed by atoms with van der Waals surface area (Å²) >= 11 is 7.64. The Bertz CT molecular complexity index is 584. The smallest absolute Gasteiger partial charge is 0.254 e. The Labute approximate surface area is 128 Å². The molecule has 0 bridgehead atoms. The predicted octanol–water partition coefficient (Wildman–Crippen LogP) is 4.02. The summed E-state index contributed by atoms with van der Waals surface area (Å²) in [6.07, 6.45) is 0.762. The molecule has 0 spiro atoms. The fourth-order valence-electron chi connectivity index (χ4n) is 1.96. The van der Waals surface area contributed by atoms with Crippen LogP contribution < -0.4 is 0 Å². The van der Waals surface area contributed by atoms with E-state index >= 15 is 0 Å². The van der Waals surface area contributed by atoms with Gasteiger partial charge < -0.3 is 4.90 Å². The third-order valence-electron chi connectivity index (χ3n) is 3.05.